The first-order valence-electron chi connectivity index (χ1n) is 10.3. The van der Waals surface area contributed by atoms with Crippen LogP contribution in [-0.4, -0.2) is 12.3 Å². The number of halogens is 2. The van der Waals surface area contributed by atoms with Crippen LogP contribution in [0.15, 0.2) is 39.3 Å². The molecule has 2 aromatic rings. The van der Waals surface area contributed by atoms with E-state index in [9.17, 15) is 0 Å². The number of carbonyl (C=O) groups excluding carboxylic acids is 4. The average molecular weight is 568 g/mol. The summed E-state index contributed by atoms with van der Waals surface area (Å²) in [5.41, 5.74) is 8.07. The molecule has 0 radical (unpaired) electrons. The molecule has 0 N–H and O–H groups in total. The van der Waals surface area contributed by atoms with Crippen LogP contribution in [0.3, 0.4) is 0 Å². The minimum atomic E-state index is 0.250. The number of aryl methyl sites for hydroxylation is 5. The molecule has 0 heterocycles. The fourth-order valence-electron chi connectivity index (χ4n) is 2.89. The van der Waals surface area contributed by atoms with E-state index in [2.05, 4.69) is 110 Å². The first kappa shape index (κ1) is 32.1. The van der Waals surface area contributed by atoms with Crippen molar-refractivity contribution in [2.24, 2.45) is 0 Å². The fourth-order valence-corrected chi connectivity index (χ4v) is 3.35. The molecule has 6 heteroatoms. The van der Waals surface area contributed by atoms with Crippen molar-refractivity contribution in [2.75, 3.05) is 0 Å². The largest absolute Gasteiger partial charge is 0.373 e. The van der Waals surface area contributed by atoms with Crippen LogP contribution in [0.1, 0.15) is 66.5 Å². The fraction of sp³-hybridized carbons (Fsp3) is 0.385. The Balaban J connectivity index is 0. The van der Waals surface area contributed by atoms with Gasteiger partial charge in [-0.25, -0.2) is 0 Å². The second kappa shape index (κ2) is 19.6. The van der Waals surface area contributed by atoms with E-state index in [1.54, 1.807) is 0 Å². The first-order valence-corrected chi connectivity index (χ1v) is 11.9. The van der Waals surface area contributed by atoms with Gasteiger partial charge in [-0.3, -0.25) is 0 Å². The molecule has 4 nitrogen and oxygen atoms in total. The molecule has 2 rings (SSSR count). The Kier molecular flexibility index (Phi) is 19.6. The number of unbranched alkanes of at least 4 members (excludes halogenated alkanes) is 1. The molecular weight excluding hydrogens is 536 g/mol. The van der Waals surface area contributed by atoms with Crippen LogP contribution in [0.4, 0.5) is 0 Å². The lowest BCUT2D eigenvalue weighted by Crippen LogP contribution is -1.89. The van der Waals surface area contributed by atoms with Crippen molar-refractivity contribution >= 4 is 50.2 Å². The van der Waals surface area contributed by atoms with Crippen molar-refractivity contribution < 1.29 is 19.2 Å². The standard InChI is InChI=1S/C12H17Br.C12H15Br.2CO2/c2*1-4-5-6-11-7-9(2)12(13)10(3)8-11;2*2-1-3/h7-8H,4-6H2,1-3H3;5-8H,4H2,1-3H3;;/b;6-5+;;. The van der Waals surface area contributed by atoms with Gasteiger partial charge in [0.1, 0.15) is 0 Å². The lowest BCUT2D eigenvalue weighted by atomic mass is 10.0. The summed E-state index contributed by atoms with van der Waals surface area (Å²) >= 11 is 7.14. The Morgan fingerprint density at radius 1 is 0.750 bits per heavy atom. The lowest BCUT2D eigenvalue weighted by Gasteiger charge is -2.07. The van der Waals surface area contributed by atoms with E-state index >= 15 is 0 Å². The Morgan fingerprint density at radius 3 is 1.47 bits per heavy atom. The van der Waals surface area contributed by atoms with Crippen LogP contribution in [0.25, 0.3) is 6.08 Å². The van der Waals surface area contributed by atoms with Gasteiger partial charge in [0, 0.05) is 8.95 Å². The van der Waals surface area contributed by atoms with Gasteiger partial charge in [0.15, 0.2) is 0 Å². The predicted molar refractivity (Wildman–Crippen MR) is 135 cm³/mol. The highest BCUT2D eigenvalue weighted by Crippen LogP contribution is 2.24. The topological polar surface area (TPSA) is 68.3 Å². The molecule has 0 unspecified atom stereocenters. The van der Waals surface area contributed by atoms with Gasteiger partial charge in [0.25, 0.3) is 0 Å². The summed E-state index contributed by atoms with van der Waals surface area (Å²) in [5.74, 6) is 0. The van der Waals surface area contributed by atoms with Gasteiger partial charge in [-0.2, -0.15) is 19.2 Å². The molecule has 0 aliphatic rings. The van der Waals surface area contributed by atoms with E-state index in [-0.39, 0.29) is 12.3 Å². The van der Waals surface area contributed by atoms with Crippen molar-refractivity contribution in [1.82, 2.24) is 0 Å². The van der Waals surface area contributed by atoms with Gasteiger partial charge in [0.05, 0.1) is 0 Å². The van der Waals surface area contributed by atoms with E-state index < -0.39 is 0 Å². The van der Waals surface area contributed by atoms with Gasteiger partial charge in [-0.15, -0.1) is 0 Å². The Labute approximate surface area is 208 Å². The quantitative estimate of drug-likeness (QED) is 0.370. The van der Waals surface area contributed by atoms with E-state index in [1.807, 2.05) is 0 Å². The number of benzene rings is 2. The van der Waals surface area contributed by atoms with E-state index in [1.165, 1.54) is 61.6 Å². The van der Waals surface area contributed by atoms with Crippen LogP contribution >= 0.6 is 31.9 Å². The number of rotatable bonds is 5. The molecule has 2 aromatic carbocycles. The minimum Gasteiger partial charge on any atom is -0.186 e. The first-order chi connectivity index (χ1) is 15.1. The maximum atomic E-state index is 8.12. The van der Waals surface area contributed by atoms with Crippen LogP contribution in [0, 0.1) is 27.7 Å². The minimum absolute atomic E-state index is 0.250. The Bertz CT molecular complexity index is 863. The third kappa shape index (κ3) is 14.1. The highest BCUT2D eigenvalue weighted by Gasteiger charge is 2.01. The molecule has 32 heavy (non-hydrogen) atoms. The summed E-state index contributed by atoms with van der Waals surface area (Å²) in [6.07, 6.45) is 9.73. The number of hydrogen-bond acceptors (Lipinski definition) is 4. The molecule has 174 valence electrons. The molecule has 0 aliphatic carbocycles. The molecule has 0 aromatic heterocycles. The maximum absolute atomic E-state index is 8.12. The summed E-state index contributed by atoms with van der Waals surface area (Å²) in [6, 6.07) is 8.96. The molecule has 0 amide bonds. The van der Waals surface area contributed by atoms with Crippen molar-refractivity contribution in [3.8, 4) is 0 Å². The average Bonchev–Trinajstić information content (AvgIpc) is 2.74. The van der Waals surface area contributed by atoms with E-state index in [0.29, 0.717) is 0 Å². The highest BCUT2D eigenvalue weighted by atomic mass is 79.9. The summed E-state index contributed by atoms with van der Waals surface area (Å²) in [4.78, 5) is 32.5. The summed E-state index contributed by atoms with van der Waals surface area (Å²) in [6.45, 7) is 13.0. The lowest BCUT2D eigenvalue weighted by molar-refractivity contribution is -0.193. The van der Waals surface area contributed by atoms with Gasteiger partial charge >= 0.3 is 12.3 Å². The molecular formula is C26H32Br2O4. The molecule has 0 bridgehead atoms. The Morgan fingerprint density at radius 2 is 1.12 bits per heavy atom. The predicted octanol–water partition coefficient (Wildman–Crippen LogP) is 7.73. The van der Waals surface area contributed by atoms with Crippen LogP contribution in [0.2, 0.25) is 0 Å². The molecule has 0 atom stereocenters. The van der Waals surface area contributed by atoms with Crippen molar-refractivity contribution in [1.29, 1.82) is 0 Å². The van der Waals surface area contributed by atoms with Crippen LogP contribution < -0.4 is 0 Å². The SMILES string of the molecule is CC/C=C/c1cc(C)c(Br)c(C)c1.CCCCc1cc(C)c(Br)c(C)c1.O=C=O.O=C=O. The smallest absolute Gasteiger partial charge is 0.186 e. The van der Waals surface area contributed by atoms with Crippen molar-refractivity contribution in [2.45, 2.75) is 67.2 Å². The van der Waals surface area contributed by atoms with Gasteiger partial charge in [-0.1, -0.05) is 88.5 Å². The third-order valence-electron chi connectivity index (χ3n) is 4.32. The molecule has 0 saturated carbocycles. The maximum Gasteiger partial charge on any atom is 0.373 e. The normalized spacial score (nSPS) is 9.25. The van der Waals surface area contributed by atoms with E-state index in [4.69, 9.17) is 19.2 Å². The van der Waals surface area contributed by atoms with Crippen molar-refractivity contribution in [3.05, 3.63) is 72.7 Å². The second-order valence-electron chi connectivity index (χ2n) is 7.09. The molecule has 0 fully saturated rings. The summed E-state index contributed by atoms with van der Waals surface area (Å²) in [7, 11) is 0. The Hall–Kier alpha value is -2.10. The van der Waals surface area contributed by atoms with Crippen LogP contribution in [0.5, 0.6) is 0 Å². The zero-order valence-corrected chi connectivity index (χ0v) is 22.9. The van der Waals surface area contributed by atoms with Crippen molar-refractivity contribution in [3.63, 3.8) is 0 Å². The van der Waals surface area contributed by atoms with Crippen LogP contribution in [-0.2, 0) is 25.6 Å². The number of hydrogen-bond donors (Lipinski definition) is 0. The van der Waals surface area contributed by atoms with Gasteiger partial charge in [0.2, 0.25) is 0 Å². The van der Waals surface area contributed by atoms with Gasteiger partial charge in [-0.05, 0) is 80.3 Å². The summed E-state index contributed by atoms with van der Waals surface area (Å²) in [5, 5.41) is 0. The monoisotopic (exact) mass is 566 g/mol. The van der Waals surface area contributed by atoms with E-state index in [0.717, 1.165) is 6.42 Å². The highest BCUT2D eigenvalue weighted by molar-refractivity contribution is 9.10. The third-order valence-corrected chi connectivity index (χ3v) is 6.82. The zero-order chi connectivity index (χ0) is 25.1. The molecule has 0 aliphatic heterocycles. The van der Waals surface area contributed by atoms with Gasteiger partial charge < -0.3 is 0 Å². The molecule has 0 spiro atoms. The number of allylic oxidation sites excluding steroid dienone is 1. The zero-order valence-electron chi connectivity index (χ0n) is 19.7. The molecule has 0 saturated heterocycles. The second-order valence-corrected chi connectivity index (χ2v) is 8.68. The summed E-state index contributed by atoms with van der Waals surface area (Å²) < 4.78 is 2.48.